The molecule has 0 aromatic heterocycles. The molecular weight excluding hydrogens is 244 g/mol. The lowest BCUT2D eigenvalue weighted by Gasteiger charge is -2.37. The Morgan fingerprint density at radius 1 is 0.900 bits per heavy atom. The van der Waals surface area contributed by atoms with Crippen LogP contribution >= 0.6 is 0 Å². The third-order valence-electron chi connectivity index (χ3n) is 4.70. The van der Waals surface area contributed by atoms with Gasteiger partial charge in [-0.05, 0) is 35.6 Å². The van der Waals surface area contributed by atoms with Crippen LogP contribution in [0.1, 0.15) is 29.0 Å². The van der Waals surface area contributed by atoms with Crippen LogP contribution in [0, 0.1) is 0 Å². The molecule has 0 radical (unpaired) electrons. The standard InChI is InChI=1S/C18H20N2/c1-3-7-15-14(6-1)11-19-12-16(15)18-10-9-13-5-2-4-8-17(13)20-18/h1-8,16,18-20H,9-12H2. The molecule has 2 aliphatic heterocycles. The van der Waals surface area contributed by atoms with Crippen molar-refractivity contribution in [1.82, 2.24) is 5.32 Å². The van der Waals surface area contributed by atoms with Crippen molar-refractivity contribution < 1.29 is 0 Å². The molecule has 0 amide bonds. The average Bonchev–Trinajstić information content (AvgIpc) is 2.54. The zero-order valence-corrected chi connectivity index (χ0v) is 11.6. The van der Waals surface area contributed by atoms with Gasteiger partial charge in [0.15, 0.2) is 0 Å². The first-order chi connectivity index (χ1) is 9.92. The Morgan fingerprint density at radius 3 is 2.65 bits per heavy atom. The van der Waals surface area contributed by atoms with Crippen molar-refractivity contribution in [2.24, 2.45) is 0 Å². The lowest BCUT2D eigenvalue weighted by molar-refractivity contribution is 0.456. The second-order valence-corrected chi connectivity index (χ2v) is 5.88. The van der Waals surface area contributed by atoms with Crippen LogP contribution in [0.2, 0.25) is 0 Å². The number of nitrogens with one attached hydrogen (secondary N) is 2. The van der Waals surface area contributed by atoms with Gasteiger partial charge in [-0.15, -0.1) is 0 Å². The van der Waals surface area contributed by atoms with Crippen molar-refractivity contribution in [3.8, 4) is 0 Å². The molecule has 0 fully saturated rings. The second-order valence-electron chi connectivity index (χ2n) is 5.88. The van der Waals surface area contributed by atoms with E-state index in [0.29, 0.717) is 12.0 Å². The predicted octanol–water partition coefficient (Wildman–Crippen LogP) is 3.30. The zero-order chi connectivity index (χ0) is 13.4. The molecular formula is C18H20N2. The number of para-hydroxylation sites is 1. The molecule has 0 saturated heterocycles. The Morgan fingerprint density at radius 2 is 1.70 bits per heavy atom. The van der Waals surface area contributed by atoms with E-state index in [-0.39, 0.29) is 0 Å². The molecule has 2 aromatic carbocycles. The maximum atomic E-state index is 3.77. The molecule has 2 aliphatic rings. The topological polar surface area (TPSA) is 24.1 Å². The van der Waals surface area contributed by atoms with Gasteiger partial charge >= 0.3 is 0 Å². The molecule has 2 heterocycles. The SMILES string of the molecule is c1ccc2c(c1)CCC(C1CNCc3ccccc31)N2. The summed E-state index contributed by atoms with van der Waals surface area (Å²) in [6.07, 6.45) is 2.41. The van der Waals surface area contributed by atoms with Gasteiger partial charge in [0.05, 0.1) is 0 Å². The van der Waals surface area contributed by atoms with Gasteiger partial charge in [-0.1, -0.05) is 42.5 Å². The third-order valence-corrected chi connectivity index (χ3v) is 4.70. The fraction of sp³-hybridized carbons (Fsp3) is 0.333. The first-order valence-electron chi connectivity index (χ1n) is 7.55. The summed E-state index contributed by atoms with van der Waals surface area (Å²) in [5.74, 6) is 0.577. The molecule has 0 saturated carbocycles. The van der Waals surface area contributed by atoms with E-state index in [0.717, 1.165) is 13.1 Å². The van der Waals surface area contributed by atoms with E-state index < -0.39 is 0 Å². The van der Waals surface area contributed by atoms with Crippen molar-refractivity contribution >= 4 is 5.69 Å². The highest BCUT2D eigenvalue weighted by molar-refractivity contribution is 5.54. The number of fused-ring (bicyclic) bond motifs is 2. The highest BCUT2D eigenvalue weighted by Gasteiger charge is 2.29. The van der Waals surface area contributed by atoms with Crippen LogP contribution in [0.25, 0.3) is 0 Å². The van der Waals surface area contributed by atoms with Gasteiger partial charge in [0, 0.05) is 30.7 Å². The van der Waals surface area contributed by atoms with Crippen LogP contribution in [0.5, 0.6) is 0 Å². The monoisotopic (exact) mass is 264 g/mol. The highest BCUT2D eigenvalue weighted by Crippen LogP contribution is 2.34. The Hall–Kier alpha value is -1.80. The largest absolute Gasteiger partial charge is 0.381 e. The Bertz CT molecular complexity index is 620. The van der Waals surface area contributed by atoms with Crippen LogP contribution in [-0.4, -0.2) is 12.6 Å². The number of hydrogen-bond acceptors (Lipinski definition) is 2. The summed E-state index contributed by atoms with van der Waals surface area (Å²) in [4.78, 5) is 0. The van der Waals surface area contributed by atoms with Gasteiger partial charge < -0.3 is 10.6 Å². The smallest absolute Gasteiger partial charge is 0.0375 e. The molecule has 2 unspecified atom stereocenters. The molecule has 2 atom stereocenters. The lowest BCUT2D eigenvalue weighted by atomic mass is 9.81. The van der Waals surface area contributed by atoms with E-state index in [1.54, 1.807) is 0 Å². The number of benzene rings is 2. The van der Waals surface area contributed by atoms with Gasteiger partial charge in [-0.2, -0.15) is 0 Å². The van der Waals surface area contributed by atoms with E-state index in [1.807, 2.05) is 0 Å². The first-order valence-corrected chi connectivity index (χ1v) is 7.55. The lowest BCUT2D eigenvalue weighted by Crippen LogP contribution is -2.40. The van der Waals surface area contributed by atoms with Crippen molar-refractivity contribution in [1.29, 1.82) is 0 Å². The maximum Gasteiger partial charge on any atom is 0.0375 e. The summed E-state index contributed by atoms with van der Waals surface area (Å²) in [6.45, 7) is 2.09. The van der Waals surface area contributed by atoms with E-state index in [1.165, 1.54) is 35.2 Å². The van der Waals surface area contributed by atoms with Crippen molar-refractivity contribution in [2.75, 3.05) is 11.9 Å². The summed E-state index contributed by atoms with van der Waals surface area (Å²) in [7, 11) is 0. The summed E-state index contributed by atoms with van der Waals surface area (Å²) >= 11 is 0. The minimum atomic E-state index is 0.541. The average molecular weight is 264 g/mol. The quantitative estimate of drug-likeness (QED) is 0.826. The van der Waals surface area contributed by atoms with Crippen LogP contribution in [0.15, 0.2) is 48.5 Å². The molecule has 0 spiro atoms. The van der Waals surface area contributed by atoms with Crippen molar-refractivity contribution in [3.05, 3.63) is 65.2 Å². The molecule has 0 aliphatic carbocycles. The van der Waals surface area contributed by atoms with E-state index >= 15 is 0 Å². The molecule has 20 heavy (non-hydrogen) atoms. The summed E-state index contributed by atoms with van der Waals surface area (Å²) in [5.41, 5.74) is 5.78. The van der Waals surface area contributed by atoms with E-state index in [9.17, 15) is 0 Å². The van der Waals surface area contributed by atoms with Crippen LogP contribution in [0.3, 0.4) is 0 Å². The summed E-state index contributed by atoms with van der Waals surface area (Å²) in [6, 6.07) is 18.1. The summed E-state index contributed by atoms with van der Waals surface area (Å²) < 4.78 is 0. The third kappa shape index (κ3) is 2.01. The fourth-order valence-corrected chi connectivity index (χ4v) is 3.65. The summed E-state index contributed by atoms with van der Waals surface area (Å²) in [5, 5.41) is 7.34. The predicted molar refractivity (Wildman–Crippen MR) is 83.1 cm³/mol. The zero-order valence-electron chi connectivity index (χ0n) is 11.6. The van der Waals surface area contributed by atoms with Crippen LogP contribution < -0.4 is 10.6 Å². The number of hydrogen-bond donors (Lipinski definition) is 2. The first kappa shape index (κ1) is 12.0. The van der Waals surface area contributed by atoms with Crippen molar-refractivity contribution in [3.63, 3.8) is 0 Å². The minimum Gasteiger partial charge on any atom is -0.381 e. The number of rotatable bonds is 1. The van der Waals surface area contributed by atoms with Gasteiger partial charge in [0.1, 0.15) is 0 Å². The second kappa shape index (κ2) is 4.95. The van der Waals surface area contributed by atoms with Gasteiger partial charge in [0.25, 0.3) is 0 Å². The highest BCUT2D eigenvalue weighted by atomic mass is 15.0. The van der Waals surface area contributed by atoms with E-state index in [4.69, 9.17) is 0 Å². The van der Waals surface area contributed by atoms with Gasteiger partial charge in [0.2, 0.25) is 0 Å². The van der Waals surface area contributed by atoms with Crippen molar-refractivity contribution in [2.45, 2.75) is 31.3 Å². The molecule has 2 nitrogen and oxygen atoms in total. The van der Waals surface area contributed by atoms with E-state index in [2.05, 4.69) is 59.2 Å². The minimum absolute atomic E-state index is 0.541. The van der Waals surface area contributed by atoms with Crippen LogP contribution in [-0.2, 0) is 13.0 Å². The molecule has 2 N–H and O–H groups in total. The van der Waals surface area contributed by atoms with Crippen LogP contribution in [0.4, 0.5) is 5.69 Å². The van der Waals surface area contributed by atoms with Gasteiger partial charge in [-0.25, -0.2) is 0 Å². The molecule has 2 heteroatoms. The Labute approximate surface area is 120 Å². The molecule has 102 valence electrons. The van der Waals surface area contributed by atoms with Gasteiger partial charge in [-0.3, -0.25) is 0 Å². The number of anilines is 1. The Balaban J connectivity index is 1.64. The normalized spacial score (nSPS) is 24.4. The number of aryl methyl sites for hydroxylation is 1. The maximum absolute atomic E-state index is 3.77. The molecule has 4 rings (SSSR count). The molecule has 2 aromatic rings. The molecule has 0 bridgehead atoms. The Kier molecular flexibility index (Phi) is 2.96. The fourth-order valence-electron chi connectivity index (χ4n) is 3.65.